The number of rotatable bonds is 6. The standard InChI is InChI=1S/C23H18ClF4N5O2/c24-16-6-5-15(13-8-10-33-18(11-13)31-22(29)32-33)20(25)19(16)21(35)30-9-7-17(34)12-1-3-14(4-2-12)23(26,27)28/h1-6,8,10-11,17,34H,7,9H2,(H2,29,32)(H,30,35)/t17-/m1/s1. The summed E-state index contributed by atoms with van der Waals surface area (Å²) in [6.07, 6.45) is -4.08. The predicted octanol–water partition coefficient (Wildman–Crippen LogP) is 4.64. The molecule has 2 heterocycles. The molecule has 0 radical (unpaired) electrons. The molecule has 0 fully saturated rings. The molecule has 0 aliphatic rings. The Hall–Kier alpha value is -3.70. The van der Waals surface area contributed by atoms with Crippen LogP contribution in [0.2, 0.25) is 5.02 Å². The van der Waals surface area contributed by atoms with Gasteiger partial charge in [0.15, 0.2) is 5.65 Å². The van der Waals surface area contributed by atoms with Crippen molar-refractivity contribution in [3.05, 3.63) is 82.3 Å². The van der Waals surface area contributed by atoms with Crippen molar-refractivity contribution >= 4 is 29.1 Å². The fourth-order valence-corrected chi connectivity index (χ4v) is 3.75. The van der Waals surface area contributed by atoms with Gasteiger partial charge in [0.2, 0.25) is 5.95 Å². The number of aliphatic hydroxyl groups is 1. The molecule has 0 bridgehead atoms. The Morgan fingerprint density at radius 2 is 1.89 bits per heavy atom. The average Bonchev–Trinajstić information content (AvgIpc) is 3.18. The molecule has 7 nitrogen and oxygen atoms in total. The van der Waals surface area contributed by atoms with Crippen LogP contribution in [-0.2, 0) is 6.18 Å². The van der Waals surface area contributed by atoms with E-state index in [9.17, 15) is 23.1 Å². The molecule has 1 atom stereocenters. The maximum absolute atomic E-state index is 15.3. The maximum atomic E-state index is 15.3. The zero-order valence-electron chi connectivity index (χ0n) is 17.9. The highest BCUT2D eigenvalue weighted by Crippen LogP contribution is 2.31. The average molecular weight is 508 g/mol. The number of halogens is 5. The number of aliphatic hydroxyl groups excluding tert-OH is 1. The van der Waals surface area contributed by atoms with Crippen LogP contribution in [0.3, 0.4) is 0 Å². The topological polar surface area (TPSA) is 106 Å². The largest absolute Gasteiger partial charge is 0.416 e. The Kier molecular flexibility index (Phi) is 6.64. The third-order valence-electron chi connectivity index (χ3n) is 5.31. The number of amides is 1. The summed E-state index contributed by atoms with van der Waals surface area (Å²) in [6, 6.07) is 9.99. The Labute approximate surface area is 201 Å². The van der Waals surface area contributed by atoms with Gasteiger partial charge in [0.25, 0.3) is 5.91 Å². The second kappa shape index (κ2) is 9.51. The van der Waals surface area contributed by atoms with Crippen molar-refractivity contribution in [2.45, 2.75) is 18.7 Å². The summed E-state index contributed by atoms with van der Waals surface area (Å²) in [4.78, 5) is 16.7. The summed E-state index contributed by atoms with van der Waals surface area (Å²) in [6.45, 7) is -0.0774. The van der Waals surface area contributed by atoms with E-state index >= 15 is 4.39 Å². The van der Waals surface area contributed by atoms with E-state index in [4.69, 9.17) is 17.3 Å². The highest BCUT2D eigenvalue weighted by molar-refractivity contribution is 6.34. The van der Waals surface area contributed by atoms with E-state index in [0.29, 0.717) is 11.2 Å². The summed E-state index contributed by atoms with van der Waals surface area (Å²) in [5.41, 5.74) is 5.52. The van der Waals surface area contributed by atoms with Crippen LogP contribution in [0.15, 0.2) is 54.7 Å². The smallest absolute Gasteiger partial charge is 0.388 e. The van der Waals surface area contributed by atoms with Gasteiger partial charge in [-0.2, -0.15) is 18.2 Å². The molecule has 0 saturated carbocycles. The lowest BCUT2D eigenvalue weighted by molar-refractivity contribution is -0.137. The SMILES string of the molecule is Nc1nc2cc(-c3ccc(Cl)c(C(=O)NCC[C@@H](O)c4ccc(C(F)(F)F)cc4)c3F)ccn2n1. The number of fused-ring (bicyclic) bond motifs is 1. The van der Waals surface area contributed by atoms with E-state index in [1.54, 1.807) is 18.3 Å². The lowest BCUT2D eigenvalue weighted by atomic mass is 10.0. The van der Waals surface area contributed by atoms with Crippen molar-refractivity contribution in [3.63, 3.8) is 0 Å². The Morgan fingerprint density at radius 3 is 2.57 bits per heavy atom. The van der Waals surface area contributed by atoms with Gasteiger partial charge >= 0.3 is 6.18 Å². The molecular weight excluding hydrogens is 490 g/mol. The number of nitrogens with one attached hydrogen (secondary N) is 1. The number of benzene rings is 2. The molecule has 0 aliphatic heterocycles. The number of nitrogens with zero attached hydrogens (tertiary/aromatic N) is 3. The number of hydrogen-bond donors (Lipinski definition) is 3. The van der Waals surface area contributed by atoms with Crippen LogP contribution in [0.4, 0.5) is 23.5 Å². The van der Waals surface area contributed by atoms with Gasteiger partial charge in [-0.25, -0.2) is 8.91 Å². The van der Waals surface area contributed by atoms with Crippen LogP contribution in [0.25, 0.3) is 16.8 Å². The lowest BCUT2D eigenvalue weighted by Crippen LogP contribution is -2.27. The second-order valence-corrected chi connectivity index (χ2v) is 8.06. The number of hydrogen-bond acceptors (Lipinski definition) is 5. The summed E-state index contributed by atoms with van der Waals surface area (Å²) in [7, 11) is 0. The quantitative estimate of drug-likeness (QED) is 0.330. The van der Waals surface area contributed by atoms with Crippen molar-refractivity contribution in [1.29, 1.82) is 0 Å². The molecule has 1 amide bonds. The minimum absolute atomic E-state index is 0.0129. The first-order valence-electron chi connectivity index (χ1n) is 10.3. The van der Waals surface area contributed by atoms with E-state index in [1.165, 1.54) is 16.6 Å². The molecular formula is C23H18ClF4N5O2. The number of anilines is 1. The Bertz CT molecular complexity index is 1390. The number of nitrogen functional groups attached to an aromatic ring is 1. The predicted molar refractivity (Wildman–Crippen MR) is 121 cm³/mol. The zero-order chi connectivity index (χ0) is 25.3. The lowest BCUT2D eigenvalue weighted by Gasteiger charge is -2.14. The number of alkyl halides is 3. The van der Waals surface area contributed by atoms with Gasteiger partial charge in [0.05, 0.1) is 22.3 Å². The number of nitrogens with two attached hydrogens (primary N) is 1. The van der Waals surface area contributed by atoms with Gasteiger partial charge in [-0.15, -0.1) is 5.10 Å². The van der Waals surface area contributed by atoms with Crippen LogP contribution in [-0.4, -0.2) is 32.2 Å². The molecule has 0 saturated heterocycles. The van der Waals surface area contributed by atoms with E-state index < -0.39 is 29.6 Å². The minimum Gasteiger partial charge on any atom is -0.388 e. The fraction of sp³-hybridized carbons (Fsp3) is 0.174. The molecule has 4 rings (SSSR count). The van der Waals surface area contributed by atoms with Gasteiger partial charge in [0.1, 0.15) is 5.82 Å². The molecule has 182 valence electrons. The highest BCUT2D eigenvalue weighted by atomic mass is 35.5. The fourth-order valence-electron chi connectivity index (χ4n) is 3.52. The summed E-state index contributed by atoms with van der Waals surface area (Å²) in [5.74, 6) is -1.60. The molecule has 0 unspecified atom stereocenters. The number of aromatic nitrogens is 3. The number of pyridine rings is 1. The van der Waals surface area contributed by atoms with Crippen LogP contribution in [0.1, 0.15) is 34.0 Å². The van der Waals surface area contributed by atoms with Gasteiger partial charge in [-0.05, 0) is 53.9 Å². The number of carbonyl (C=O) groups is 1. The van der Waals surface area contributed by atoms with Crippen molar-refractivity contribution in [3.8, 4) is 11.1 Å². The molecule has 2 aromatic carbocycles. The molecule has 0 aliphatic carbocycles. The summed E-state index contributed by atoms with van der Waals surface area (Å²) in [5, 5.41) is 16.6. The maximum Gasteiger partial charge on any atom is 0.416 e. The van der Waals surface area contributed by atoms with E-state index in [-0.39, 0.29) is 40.6 Å². The molecule has 35 heavy (non-hydrogen) atoms. The highest BCUT2D eigenvalue weighted by Gasteiger charge is 2.30. The molecule has 0 spiro atoms. The van der Waals surface area contributed by atoms with Gasteiger partial charge in [0, 0.05) is 18.3 Å². The minimum atomic E-state index is -4.48. The van der Waals surface area contributed by atoms with E-state index in [0.717, 1.165) is 24.3 Å². The zero-order valence-corrected chi connectivity index (χ0v) is 18.6. The van der Waals surface area contributed by atoms with Crippen LogP contribution >= 0.6 is 11.6 Å². The monoisotopic (exact) mass is 507 g/mol. The van der Waals surface area contributed by atoms with Gasteiger partial charge in [-0.1, -0.05) is 23.7 Å². The van der Waals surface area contributed by atoms with Gasteiger partial charge < -0.3 is 16.2 Å². The Morgan fingerprint density at radius 1 is 1.17 bits per heavy atom. The molecule has 12 heteroatoms. The third kappa shape index (κ3) is 5.20. The van der Waals surface area contributed by atoms with Crippen molar-refractivity contribution in [2.75, 3.05) is 12.3 Å². The molecule has 2 aromatic heterocycles. The first kappa shape index (κ1) is 24.4. The normalized spacial score (nSPS) is 12.6. The Balaban J connectivity index is 1.46. The van der Waals surface area contributed by atoms with Crippen LogP contribution in [0.5, 0.6) is 0 Å². The van der Waals surface area contributed by atoms with Crippen LogP contribution in [0, 0.1) is 5.82 Å². The van der Waals surface area contributed by atoms with Crippen molar-refractivity contribution in [2.24, 2.45) is 0 Å². The second-order valence-electron chi connectivity index (χ2n) is 7.65. The van der Waals surface area contributed by atoms with Crippen LogP contribution < -0.4 is 11.1 Å². The summed E-state index contributed by atoms with van der Waals surface area (Å²) < 4.78 is 54.8. The third-order valence-corrected chi connectivity index (χ3v) is 5.62. The summed E-state index contributed by atoms with van der Waals surface area (Å²) >= 11 is 6.09. The van der Waals surface area contributed by atoms with E-state index in [1.807, 2.05) is 0 Å². The molecule has 4 aromatic rings. The number of carbonyl (C=O) groups excluding carboxylic acids is 1. The first-order chi connectivity index (χ1) is 16.5. The van der Waals surface area contributed by atoms with Crippen molar-refractivity contribution in [1.82, 2.24) is 19.9 Å². The van der Waals surface area contributed by atoms with Crippen molar-refractivity contribution < 1.29 is 27.5 Å². The first-order valence-corrected chi connectivity index (χ1v) is 10.7. The molecule has 4 N–H and O–H groups in total. The van der Waals surface area contributed by atoms with Gasteiger partial charge in [-0.3, -0.25) is 4.79 Å². The van der Waals surface area contributed by atoms with E-state index in [2.05, 4.69) is 15.4 Å².